The fourth-order valence-electron chi connectivity index (χ4n) is 1.46. The van der Waals surface area contributed by atoms with Gasteiger partial charge in [0.25, 0.3) is 0 Å². The van der Waals surface area contributed by atoms with E-state index in [-0.39, 0.29) is 5.97 Å². The number of unbranched alkanes of at least 4 members (excludes halogenated alkanes) is 4. The van der Waals surface area contributed by atoms with Crippen molar-refractivity contribution in [2.45, 2.75) is 52.4 Å². The van der Waals surface area contributed by atoms with Gasteiger partial charge in [0.1, 0.15) is 0 Å². The molecule has 0 heterocycles. The maximum absolute atomic E-state index is 10.8. The van der Waals surface area contributed by atoms with Crippen molar-refractivity contribution in [3.05, 3.63) is 12.7 Å². The SMILES string of the molecule is C=CC(=O)OC[C@@H](C)CCCCCCC. The average Bonchev–Trinajstić information content (AvgIpc) is 2.25. The summed E-state index contributed by atoms with van der Waals surface area (Å²) in [6, 6.07) is 0. The zero-order chi connectivity index (χ0) is 11.5. The Morgan fingerprint density at radius 2 is 2.00 bits per heavy atom. The zero-order valence-electron chi connectivity index (χ0n) is 10.1. The fourth-order valence-corrected chi connectivity index (χ4v) is 1.46. The van der Waals surface area contributed by atoms with Gasteiger partial charge in [0, 0.05) is 6.08 Å². The van der Waals surface area contributed by atoms with E-state index in [9.17, 15) is 4.79 Å². The van der Waals surface area contributed by atoms with Crippen molar-refractivity contribution < 1.29 is 9.53 Å². The zero-order valence-corrected chi connectivity index (χ0v) is 10.1. The van der Waals surface area contributed by atoms with Gasteiger partial charge in [0.05, 0.1) is 6.61 Å². The summed E-state index contributed by atoms with van der Waals surface area (Å²) in [6.07, 6.45) is 8.85. The predicted octanol–water partition coefficient (Wildman–Crippen LogP) is 3.71. The van der Waals surface area contributed by atoms with Gasteiger partial charge in [-0.1, -0.05) is 52.5 Å². The van der Waals surface area contributed by atoms with Crippen LogP contribution in [0.25, 0.3) is 0 Å². The summed E-state index contributed by atoms with van der Waals surface area (Å²) in [4.78, 5) is 10.8. The van der Waals surface area contributed by atoms with Gasteiger partial charge in [-0.2, -0.15) is 0 Å². The molecule has 0 aromatic heterocycles. The van der Waals surface area contributed by atoms with Crippen LogP contribution in [0.1, 0.15) is 52.4 Å². The molecule has 0 spiro atoms. The molecule has 2 heteroatoms. The van der Waals surface area contributed by atoms with Crippen molar-refractivity contribution in [3.8, 4) is 0 Å². The highest BCUT2D eigenvalue weighted by Crippen LogP contribution is 2.11. The first-order chi connectivity index (χ1) is 7.20. The molecule has 0 rings (SSSR count). The maximum atomic E-state index is 10.8. The normalized spacial score (nSPS) is 12.1. The van der Waals surface area contributed by atoms with Gasteiger partial charge in [-0.25, -0.2) is 4.79 Å². The molecule has 0 aromatic rings. The molecule has 15 heavy (non-hydrogen) atoms. The van der Waals surface area contributed by atoms with E-state index in [2.05, 4.69) is 20.4 Å². The minimum absolute atomic E-state index is 0.312. The van der Waals surface area contributed by atoms with Crippen molar-refractivity contribution >= 4 is 5.97 Å². The van der Waals surface area contributed by atoms with Crippen molar-refractivity contribution in [2.75, 3.05) is 6.61 Å². The first-order valence-electron chi connectivity index (χ1n) is 5.99. The summed E-state index contributed by atoms with van der Waals surface area (Å²) in [5.41, 5.74) is 0. The van der Waals surface area contributed by atoms with E-state index >= 15 is 0 Å². The monoisotopic (exact) mass is 212 g/mol. The fraction of sp³-hybridized carbons (Fsp3) is 0.769. The number of carbonyl (C=O) groups is 1. The van der Waals surface area contributed by atoms with Crippen LogP contribution >= 0.6 is 0 Å². The molecular formula is C13H24O2. The number of rotatable bonds is 9. The third-order valence-electron chi connectivity index (χ3n) is 2.48. The lowest BCUT2D eigenvalue weighted by molar-refractivity contribution is -0.138. The average molecular weight is 212 g/mol. The van der Waals surface area contributed by atoms with Crippen LogP contribution in [0.2, 0.25) is 0 Å². The molecule has 0 radical (unpaired) electrons. The highest BCUT2D eigenvalue weighted by atomic mass is 16.5. The summed E-state index contributed by atoms with van der Waals surface area (Å²) in [5.74, 6) is 0.156. The summed E-state index contributed by atoms with van der Waals surface area (Å²) < 4.78 is 4.97. The second-order valence-electron chi connectivity index (χ2n) is 4.14. The first-order valence-corrected chi connectivity index (χ1v) is 5.99. The van der Waals surface area contributed by atoms with Crippen LogP contribution in [-0.4, -0.2) is 12.6 Å². The van der Waals surface area contributed by atoms with E-state index in [0.717, 1.165) is 6.42 Å². The lowest BCUT2D eigenvalue weighted by Crippen LogP contribution is -2.09. The Labute approximate surface area is 93.7 Å². The molecule has 0 amide bonds. The third kappa shape index (κ3) is 9.51. The Morgan fingerprint density at radius 3 is 2.60 bits per heavy atom. The first kappa shape index (κ1) is 14.2. The number of hydrogen-bond acceptors (Lipinski definition) is 2. The highest BCUT2D eigenvalue weighted by Gasteiger charge is 2.04. The van der Waals surface area contributed by atoms with Crippen molar-refractivity contribution in [1.82, 2.24) is 0 Å². The quantitative estimate of drug-likeness (QED) is 0.331. The molecule has 2 nitrogen and oxygen atoms in total. The van der Waals surface area contributed by atoms with Crippen LogP contribution in [0.3, 0.4) is 0 Å². The van der Waals surface area contributed by atoms with Gasteiger partial charge in [-0.05, 0) is 12.3 Å². The lowest BCUT2D eigenvalue weighted by atomic mass is 10.0. The van der Waals surface area contributed by atoms with Gasteiger partial charge in [-0.15, -0.1) is 0 Å². The van der Waals surface area contributed by atoms with E-state index in [4.69, 9.17) is 4.74 Å². The summed E-state index contributed by atoms with van der Waals surface area (Å²) >= 11 is 0. The summed E-state index contributed by atoms with van der Waals surface area (Å²) in [5, 5.41) is 0. The second kappa shape index (κ2) is 9.75. The van der Waals surface area contributed by atoms with Gasteiger partial charge in [0.2, 0.25) is 0 Å². The molecule has 0 fully saturated rings. The van der Waals surface area contributed by atoms with Crippen LogP contribution in [-0.2, 0) is 9.53 Å². The van der Waals surface area contributed by atoms with Crippen molar-refractivity contribution in [2.24, 2.45) is 5.92 Å². The van der Waals surface area contributed by atoms with Gasteiger partial charge in [-0.3, -0.25) is 0 Å². The van der Waals surface area contributed by atoms with Crippen LogP contribution in [0.4, 0.5) is 0 Å². The Morgan fingerprint density at radius 1 is 1.33 bits per heavy atom. The Balaban J connectivity index is 3.29. The third-order valence-corrected chi connectivity index (χ3v) is 2.48. The lowest BCUT2D eigenvalue weighted by Gasteiger charge is -2.10. The second-order valence-corrected chi connectivity index (χ2v) is 4.14. The Bertz CT molecular complexity index is 175. The maximum Gasteiger partial charge on any atom is 0.330 e. The topological polar surface area (TPSA) is 26.3 Å². The Kier molecular flexibility index (Phi) is 9.24. The minimum atomic E-state index is -0.312. The molecule has 0 saturated heterocycles. The molecule has 0 aliphatic heterocycles. The summed E-state index contributed by atoms with van der Waals surface area (Å²) in [7, 11) is 0. The highest BCUT2D eigenvalue weighted by molar-refractivity contribution is 5.81. The van der Waals surface area contributed by atoms with Gasteiger partial charge >= 0.3 is 5.97 Å². The van der Waals surface area contributed by atoms with E-state index in [1.807, 2.05) is 0 Å². The smallest absolute Gasteiger partial charge is 0.330 e. The molecule has 0 saturated carbocycles. The number of carbonyl (C=O) groups excluding carboxylic acids is 1. The molecule has 88 valence electrons. The molecule has 1 atom stereocenters. The van der Waals surface area contributed by atoms with E-state index in [1.165, 1.54) is 38.2 Å². The van der Waals surface area contributed by atoms with Crippen LogP contribution in [0.15, 0.2) is 12.7 Å². The number of hydrogen-bond donors (Lipinski definition) is 0. The molecule has 0 aliphatic rings. The van der Waals surface area contributed by atoms with Gasteiger partial charge in [0.15, 0.2) is 0 Å². The van der Waals surface area contributed by atoms with Crippen LogP contribution < -0.4 is 0 Å². The molecule has 0 unspecified atom stereocenters. The van der Waals surface area contributed by atoms with Gasteiger partial charge < -0.3 is 4.74 Å². The van der Waals surface area contributed by atoms with Crippen molar-refractivity contribution in [1.29, 1.82) is 0 Å². The predicted molar refractivity (Wildman–Crippen MR) is 63.7 cm³/mol. The van der Waals surface area contributed by atoms with E-state index in [1.54, 1.807) is 0 Å². The van der Waals surface area contributed by atoms with Crippen molar-refractivity contribution in [3.63, 3.8) is 0 Å². The largest absolute Gasteiger partial charge is 0.462 e. The standard InChI is InChI=1S/C13H24O2/c1-4-6-7-8-9-10-12(3)11-15-13(14)5-2/h5,12H,2,4,6-11H2,1,3H3/t12-/m0/s1. The molecular weight excluding hydrogens is 188 g/mol. The molecule has 0 N–H and O–H groups in total. The number of esters is 1. The minimum Gasteiger partial charge on any atom is -0.462 e. The van der Waals surface area contributed by atoms with Crippen LogP contribution in [0, 0.1) is 5.92 Å². The van der Waals surface area contributed by atoms with E-state index < -0.39 is 0 Å². The van der Waals surface area contributed by atoms with Crippen LogP contribution in [0.5, 0.6) is 0 Å². The molecule has 0 bridgehead atoms. The van der Waals surface area contributed by atoms with E-state index in [0.29, 0.717) is 12.5 Å². The number of ether oxygens (including phenoxy) is 1. The molecule has 0 aromatic carbocycles. The Hall–Kier alpha value is -0.790. The summed E-state index contributed by atoms with van der Waals surface area (Å²) in [6.45, 7) is 8.23. The molecule has 0 aliphatic carbocycles.